The van der Waals surface area contributed by atoms with E-state index in [9.17, 15) is 5.11 Å². The van der Waals surface area contributed by atoms with Crippen LogP contribution in [0, 0.1) is 0 Å². The van der Waals surface area contributed by atoms with Crippen molar-refractivity contribution < 1.29 is 9.84 Å². The van der Waals surface area contributed by atoms with Crippen molar-refractivity contribution in [1.29, 1.82) is 0 Å². The molecule has 5 rings (SSSR count). The van der Waals surface area contributed by atoms with Crippen LogP contribution in [0.25, 0.3) is 33.8 Å². The van der Waals surface area contributed by atoms with Crippen molar-refractivity contribution in [1.82, 2.24) is 45.5 Å². The highest BCUT2D eigenvalue weighted by Gasteiger charge is 2.39. The maximum Gasteiger partial charge on any atom is 0.319 e. The van der Waals surface area contributed by atoms with E-state index in [-0.39, 0.29) is 28.9 Å². The minimum Gasteiger partial charge on any atom is -0.507 e. The zero-order valence-corrected chi connectivity index (χ0v) is 19.8. The van der Waals surface area contributed by atoms with Gasteiger partial charge in [-0.15, -0.1) is 15.3 Å². The lowest BCUT2D eigenvalue weighted by Crippen LogP contribution is -2.58. The molecule has 0 atom stereocenters. The van der Waals surface area contributed by atoms with Crippen LogP contribution in [0.1, 0.15) is 46.6 Å². The molecule has 11 heteroatoms. The van der Waals surface area contributed by atoms with Gasteiger partial charge in [-0.3, -0.25) is 0 Å². The molecule has 34 heavy (non-hydrogen) atoms. The smallest absolute Gasteiger partial charge is 0.319 e. The van der Waals surface area contributed by atoms with Gasteiger partial charge in [0.15, 0.2) is 5.82 Å². The Balaban J connectivity index is 1.47. The number of benzene rings is 1. The van der Waals surface area contributed by atoms with Crippen molar-refractivity contribution in [2.24, 2.45) is 0 Å². The number of aromatic hydroxyl groups is 1. The first-order valence-corrected chi connectivity index (χ1v) is 11.1. The minimum absolute atomic E-state index is 0.0276. The maximum absolute atomic E-state index is 10.7. The van der Waals surface area contributed by atoms with Crippen LogP contribution in [0.4, 0.5) is 0 Å². The molecule has 1 fully saturated rings. The van der Waals surface area contributed by atoms with E-state index in [0.29, 0.717) is 33.8 Å². The van der Waals surface area contributed by atoms with Crippen LogP contribution < -0.4 is 10.1 Å². The number of phenolic OH excluding ortho intramolecular Hbond substituents is 1. The van der Waals surface area contributed by atoms with Gasteiger partial charge >= 0.3 is 6.01 Å². The second-order valence-corrected chi connectivity index (χ2v) is 9.95. The third-order valence-corrected chi connectivity index (χ3v) is 6.00. The van der Waals surface area contributed by atoms with Crippen molar-refractivity contribution in [2.45, 2.75) is 57.7 Å². The lowest BCUT2D eigenvalue weighted by Gasteiger charge is -2.46. The average Bonchev–Trinajstić information content (AvgIpc) is 3.20. The van der Waals surface area contributed by atoms with Crippen molar-refractivity contribution in [2.75, 3.05) is 7.11 Å². The summed E-state index contributed by atoms with van der Waals surface area (Å²) in [5.41, 5.74) is 2.85. The highest BCUT2D eigenvalue weighted by Crippen LogP contribution is 2.37. The summed E-state index contributed by atoms with van der Waals surface area (Å²) in [6.45, 7) is 8.79. The third kappa shape index (κ3) is 4.14. The molecule has 1 aromatic carbocycles. The number of nitrogens with zero attached hydrogens (tertiary/aromatic N) is 8. The van der Waals surface area contributed by atoms with Crippen LogP contribution in [0.2, 0.25) is 0 Å². The highest BCUT2D eigenvalue weighted by atomic mass is 16.5. The summed E-state index contributed by atoms with van der Waals surface area (Å²) in [4.78, 5) is 12.3. The minimum atomic E-state index is -0.0336. The van der Waals surface area contributed by atoms with E-state index in [1.54, 1.807) is 24.3 Å². The molecule has 3 aromatic heterocycles. The van der Waals surface area contributed by atoms with Crippen LogP contribution in [0.5, 0.6) is 11.8 Å². The van der Waals surface area contributed by atoms with Gasteiger partial charge in [0.05, 0.1) is 18.8 Å². The molecule has 176 valence electrons. The first-order valence-electron chi connectivity index (χ1n) is 11.1. The first-order chi connectivity index (χ1) is 16.1. The second-order valence-electron chi connectivity index (χ2n) is 9.95. The van der Waals surface area contributed by atoms with Crippen molar-refractivity contribution >= 4 is 11.2 Å². The molecule has 1 saturated heterocycles. The van der Waals surface area contributed by atoms with E-state index in [1.807, 2.05) is 4.68 Å². The predicted molar refractivity (Wildman–Crippen MR) is 125 cm³/mol. The molecule has 1 aliphatic heterocycles. The molecule has 0 bridgehead atoms. The van der Waals surface area contributed by atoms with E-state index >= 15 is 0 Å². The standard InChI is InChI=1S/C23H27N9O2/c1-22(2)10-14(11-23(3,4)30-22)32-20-17(28-31-32)9-16(27-29-20)15-7-6-13(8-18(15)33)19-24-12-25-21(26-19)34-5/h6-9,12,14,30,33H,10-11H2,1-5H3. The number of phenols is 1. The Hall–Kier alpha value is -3.73. The van der Waals surface area contributed by atoms with Crippen molar-refractivity contribution in [3.05, 3.63) is 30.6 Å². The van der Waals surface area contributed by atoms with Crippen LogP contribution in [-0.2, 0) is 0 Å². The Labute approximate surface area is 196 Å². The number of hydrogen-bond acceptors (Lipinski definition) is 10. The van der Waals surface area contributed by atoms with E-state index in [4.69, 9.17) is 4.74 Å². The molecule has 0 amide bonds. The summed E-state index contributed by atoms with van der Waals surface area (Å²) >= 11 is 0. The topological polar surface area (TPSA) is 137 Å². The largest absolute Gasteiger partial charge is 0.507 e. The number of piperidine rings is 1. The molecule has 1 aliphatic rings. The van der Waals surface area contributed by atoms with E-state index in [1.165, 1.54) is 13.4 Å². The van der Waals surface area contributed by atoms with Gasteiger partial charge in [0.25, 0.3) is 0 Å². The SMILES string of the molecule is COc1ncnc(-c2ccc(-c3cc4nnn(C5CC(C)(C)NC(C)(C)C5)c4nn3)c(O)c2)n1. The number of hydrogen-bond donors (Lipinski definition) is 2. The number of aromatic nitrogens is 8. The Morgan fingerprint density at radius 1 is 1.03 bits per heavy atom. The summed E-state index contributed by atoms with van der Waals surface area (Å²) in [6, 6.07) is 7.27. The number of fused-ring (bicyclic) bond motifs is 1. The summed E-state index contributed by atoms with van der Waals surface area (Å²) in [6.07, 6.45) is 3.17. The zero-order chi connectivity index (χ0) is 24.1. The van der Waals surface area contributed by atoms with Crippen LogP contribution >= 0.6 is 0 Å². The van der Waals surface area contributed by atoms with Gasteiger partial charge < -0.3 is 15.2 Å². The van der Waals surface area contributed by atoms with Gasteiger partial charge in [-0.05, 0) is 58.7 Å². The second kappa shape index (κ2) is 7.94. The van der Waals surface area contributed by atoms with Crippen LogP contribution in [-0.4, -0.2) is 63.4 Å². The molecule has 0 spiro atoms. The van der Waals surface area contributed by atoms with Gasteiger partial charge in [-0.25, -0.2) is 9.67 Å². The molecule has 0 unspecified atom stereocenters. The molecule has 11 nitrogen and oxygen atoms in total. The summed E-state index contributed by atoms with van der Waals surface area (Å²) in [5.74, 6) is 0.422. The first kappa shape index (κ1) is 22.1. The van der Waals surface area contributed by atoms with Crippen LogP contribution in [0.3, 0.4) is 0 Å². The van der Waals surface area contributed by atoms with Crippen molar-refractivity contribution in [3.8, 4) is 34.4 Å². The lowest BCUT2D eigenvalue weighted by atomic mass is 9.80. The van der Waals surface area contributed by atoms with Gasteiger partial charge in [-0.2, -0.15) is 9.97 Å². The normalized spacial score (nSPS) is 17.7. The van der Waals surface area contributed by atoms with Crippen molar-refractivity contribution in [3.63, 3.8) is 0 Å². The van der Waals surface area contributed by atoms with E-state index in [2.05, 4.69) is 68.5 Å². The van der Waals surface area contributed by atoms with E-state index in [0.717, 1.165) is 12.8 Å². The molecule has 4 aromatic rings. The zero-order valence-electron chi connectivity index (χ0n) is 19.8. The van der Waals surface area contributed by atoms with Gasteiger partial charge in [0.1, 0.15) is 17.6 Å². The maximum atomic E-state index is 10.7. The predicted octanol–water partition coefficient (Wildman–Crippen LogP) is 2.94. The van der Waals surface area contributed by atoms with Gasteiger partial charge in [-0.1, -0.05) is 11.3 Å². The monoisotopic (exact) mass is 461 g/mol. The molecule has 2 N–H and O–H groups in total. The number of methoxy groups -OCH3 is 1. The molecular weight excluding hydrogens is 434 g/mol. The summed E-state index contributed by atoms with van der Waals surface area (Å²) in [5, 5.41) is 32.0. The number of ether oxygens (including phenoxy) is 1. The fraction of sp³-hybridized carbons (Fsp3) is 0.435. The fourth-order valence-electron chi connectivity index (χ4n) is 4.98. The molecule has 0 saturated carbocycles. The Morgan fingerprint density at radius 2 is 1.79 bits per heavy atom. The van der Waals surface area contributed by atoms with Gasteiger partial charge in [0.2, 0.25) is 5.65 Å². The Kier molecular flexibility index (Phi) is 5.16. The molecular formula is C23H27N9O2. The molecule has 0 aliphatic carbocycles. The molecule has 4 heterocycles. The molecule has 0 radical (unpaired) electrons. The Bertz CT molecular complexity index is 1350. The number of nitrogens with one attached hydrogen (secondary N) is 1. The average molecular weight is 462 g/mol. The van der Waals surface area contributed by atoms with E-state index < -0.39 is 0 Å². The highest BCUT2D eigenvalue weighted by molar-refractivity contribution is 5.78. The third-order valence-electron chi connectivity index (χ3n) is 6.00. The fourth-order valence-corrected chi connectivity index (χ4v) is 4.98. The lowest BCUT2D eigenvalue weighted by molar-refractivity contribution is 0.127. The van der Waals surface area contributed by atoms with Crippen LogP contribution in [0.15, 0.2) is 30.6 Å². The summed E-state index contributed by atoms with van der Waals surface area (Å²) < 4.78 is 6.93. The quantitative estimate of drug-likeness (QED) is 0.467. The van der Waals surface area contributed by atoms with Gasteiger partial charge in [0, 0.05) is 22.2 Å². The Morgan fingerprint density at radius 3 is 2.50 bits per heavy atom. The summed E-state index contributed by atoms with van der Waals surface area (Å²) in [7, 11) is 1.48. The number of rotatable bonds is 4.